The fraction of sp³-hybridized carbons (Fsp3) is 0.158. The second-order valence-corrected chi connectivity index (χ2v) is 6.27. The average Bonchev–Trinajstić information content (AvgIpc) is 3.18. The van der Waals surface area contributed by atoms with Crippen LogP contribution in [0.1, 0.15) is 11.1 Å². The topological polar surface area (TPSA) is 160 Å². The van der Waals surface area contributed by atoms with Gasteiger partial charge in [0.05, 0.1) is 21.5 Å². The first kappa shape index (κ1) is 21.2. The third-order valence-electron chi connectivity index (χ3n) is 4.16. The zero-order valence-corrected chi connectivity index (χ0v) is 16.0. The van der Waals surface area contributed by atoms with Crippen molar-refractivity contribution in [3.8, 4) is 11.5 Å². The summed E-state index contributed by atoms with van der Waals surface area (Å²) in [4.78, 5) is 44.6. The highest BCUT2D eigenvalue weighted by atomic mass is 16.7. The van der Waals surface area contributed by atoms with Gasteiger partial charge in [-0.05, 0) is 30.7 Å². The maximum absolute atomic E-state index is 12.0. The number of anilines is 1. The first-order chi connectivity index (χ1) is 14.7. The summed E-state index contributed by atoms with van der Waals surface area (Å²) in [6.07, 6.45) is 2.11. The SMILES string of the molecule is Cc1cc([N+](=O)[O-])ccc1NC(=O)COC(=O)/C=C/c1cc2c(cc1[N+](=O)[O-])OCO2. The molecule has 0 unspecified atom stereocenters. The molecule has 0 atom stereocenters. The zero-order chi connectivity index (χ0) is 22.5. The number of nitrogens with one attached hydrogen (secondary N) is 1. The summed E-state index contributed by atoms with van der Waals surface area (Å²) in [5.41, 5.74) is 0.476. The van der Waals surface area contributed by atoms with Gasteiger partial charge in [0.15, 0.2) is 18.1 Å². The third kappa shape index (κ3) is 5.12. The number of rotatable bonds is 7. The predicted molar refractivity (Wildman–Crippen MR) is 106 cm³/mol. The number of nitrogens with zero attached hydrogens (tertiary/aromatic N) is 2. The van der Waals surface area contributed by atoms with Gasteiger partial charge in [0.25, 0.3) is 17.3 Å². The van der Waals surface area contributed by atoms with Crippen molar-refractivity contribution in [2.24, 2.45) is 0 Å². The van der Waals surface area contributed by atoms with Crippen molar-refractivity contribution in [2.45, 2.75) is 6.92 Å². The Bertz CT molecular complexity index is 1110. The lowest BCUT2D eigenvalue weighted by molar-refractivity contribution is -0.385. The van der Waals surface area contributed by atoms with Crippen LogP contribution in [0, 0.1) is 27.2 Å². The number of fused-ring (bicyclic) bond motifs is 1. The Morgan fingerprint density at radius 1 is 1.13 bits per heavy atom. The molecule has 1 aliphatic rings. The molecular formula is C19H15N3O9. The fourth-order valence-corrected chi connectivity index (χ4v) is 2.67. The van der Waals surface area contributed by atoms with Crippen molar-refractivity contribution >= 4 is 35.0 Å². The van der Waals surface area contributed by atoms with Crippen molar-refractivity contribution in [1.82, 2.24) is 0 Å². The van der Waals surface area contributed by atoms with Gasteiger partial charge in [0.1, 0.15) is 0 Å². The number of ether oxygens (including phenoxy) is 3. The first-order valence-corrected chi connectivity index (χ1v) is 8.72. The van der Waals surface area contributed by atoms with E-state index < -0.39 is 28.3 Å². The summed E-state index contributed by atoms with van der Waals surface area (Å²) in [7, 11) is 0. The molecule has 0 saturated heterocycles. The molecule has 3 rings (SSSR count). The maximum atomic E-state index is 12.0. The van der Waals surface area contributed by atoms with E-state index >= 15 is 0 Å². The molecule has 1 amide bonds. The minimum absolute atomic E-state index is 0.0644. The van der Waals surface area contributed by atoms with Gasteiger partial charge < -0.3 is 19.5 Å². The van der Waals surface area contributed by atoms with Crippen molar-refractivity contribution in [3.05, 3.63) is 67.8 Å². The fourth-order valence-electron chi connectivity index (χ4n) is 2.67. The molecule has 12 nitrogen and oxygen atoms in total. The van der Waals surface area contributed by atoms with Gasteiger partial charge in [-0.1, -0.05) is 0 Å². The molecule has 1 aliphatic heterocycles. The molecule has 2 aromatic carbocycles. The quantitative estimate of drug-likeness (QED) is 0.302. The van der Waals surface area contributed by atoms with Gasteiger partial charge in [0.2, 0.25) is 6.79 Å². The third-order valence-corrected chi connectivity index (χ3v) is 4.16. The molecule has 0 fully saturated rings. The Kier molecular flexibility index (Phi) is 6.10. The molecule has 31 heavy (non-hydrogen) atoms. The maximum Gasteiger partial charge on any atom is 0.331 e. The number of hydrogen-bond donors (Lipinski definition) is 1. The largest absolute Gasteiger partial charge is 0.454 e. The summed E-state index contributed by atoms with van der Waals surface area (Å²) in [6.45, 7) is 0.892. The van der Waals surface area contributed by atoms with Gasteiger partial charge in [0, 0.05) is 23.9 Å². The summed E-state index contributed by atoms with van der Waals surface area (Å²) in [6, 6.07) is 6.44. The zero-order valence-electron chi connectivity index (χ0n) is 16.0. The number of amides is 1. The van der Waals surface area contributed by atoms with Crippen LogP contribution in [0.2, 0.25) is 0 Å². The van der Waals surface area contributed by atoms with E-state index in [1.165, 1.54) is 36.4 Å². The molecule has 0 radical (unpaired) electrons. The summed E-state index contributed by atoms with van der Waals surface area (Å²) >= 11 is 0. The summed E-state index contributed by atoms with van der Waals surface area (Å²) < 4.78 is 15.1. The molecule has 12 heteroatoms. The molecule has 1 N–H and O–H groups in total. The molecule has 0 aliphatic carbocycles. The molecule has 0 bridgehead atoms. The second-order valence-electron chi connectivity index (χ2n) is 6.27. The van der Waals surface area contributed by atoms with Crippen molar-refractivity contribution < 1.29 is 33.6 Å². The van der Waals surface area contributed by atoms with E-state index in [0.717, 1.165) is 6.08 Å². The molecule has 2 aromatic rings. The highest BCUT2D eigenvalue weighted by molar-refractivity contribution is 5.95. The van der Waals surface area contributed by atoms with Crippen molar-refractivity contribution in [3.63, 3.8) is 0 Å². The van der Waals surface area contributed by atoms with Crippen LogP contribution in [0.3, 0.4) is 0 Å². The number of carbonyl (C=O) groups excluding carboxylic acids is 2. The molecule has 160 valence electrons. The van der Waals surface area contributed by atoms with Gasteiger partial charge >= 0.3 is 5.97 Å². The van der Waals surface area contributed by atoms with E-state index in [-0.39, 0.29) is 29.5 Å². The van der Waals surface area contributed by atoms with Crippen molar-refractivity contribution in [1.29, 1.82) is 0 Å². The van der Waals surface area contributed by atoms with Crippen LogP contribution in [0.25, 0.3) is 6.08 Å². The second kappa shape index (κ2) is 8.90. The lowest BCUT2D eigenvalue weighted by atomic mass is 10.1. The number of non-ortho nitro benzene ring substituents is 1. The average molecular weight is 429 g/mol. The Hall–Kier alpha value is -4.48. The Balaban J connectivity index is 1.59. The summed E-state index contributed by atoms with van der Waals surface area (Å²) in [5, 5.41) is 24.4. The molecule has 0 saturated carbocycles. The number of nitro groups is 2. The van der Waals surface area contributed by atoms with Crippen LogP contribution in [0.4, 0.5) is 17.1 Å². The smallest absolute Gasteiger partial charge is 0.331 e. The standard InChI is InChI=1S/C19H15N3O9/c1-11-6-13(21(25)26)3-4-14(11)20-18(23)9-29-19(24)5-2-12-7-16-17(31-10-30-16)8-15(12)22(27)28/h2-8H,9-10H2,1H3,(H,20,23)/b5-2+. The number of hydrogen-bond acceptors (Lipinski definition) is 9. The highest BCUT2D eigenvalue weighted by Crippen LogP contribution is 2.38. The van der Waals surface area contributed by atoms with E-state index in [0.29, 0.717) is 17.0 Å². The number of carbonyl (C=O) groups is 2. The number of aryl methyl sites for hydroxylation is 1. The van der Waals surface area contributed by atoms with Crippen LogP contribution < -0.4 is 14.8 Å². The van der Waals surface area contributed by atoms with E-state index in [2.05, 4.69) is 5.32 Å². The Labute approximate surface area is 174 Å². The van der Waals surface area contributed by atoms with E-state index in [4.69, 9.17) is 14.2 Å². The first-order valence-electron chi connectivity index (χ1n) is 8.72. The van der Waals surface area contributed by atoms with Gasteiger partial charge in [-0.15, -0.1) is 0 Å². The monoisotopic (exact) mass is 429 g/mol. The molecular weight excluding hydrogens is 414 g/mol. The number of benzene rings is 2. The normalized spacial score (nSPS) is 11.9. The van der Waals surface area contributed by atoms with Gasteiger partial charge in [-0.25, -0.2) is 4.79 Å². The van der Waals surface area contributed by atoms with E-state index in [1.54, 1.807) is 6.92 Å². The van der Waals surface area contributed by atoms with E-state index in [9.17, 15) is 29.8 Å². The molecule has 0 aromatic heterocycles. The Morgan fingerprint density at radius 3 is 2.48 bits per heavy atom. The van der Waals surface area contributed by atoms with Crippen molar-refractivity contribution in [2.75, 3.05) is 18.7 Å². The van der Waals surface area contributed by atoms with Crippen LogP contribution in [-0.4, -0.2) is 35.1 Å². The highest BCUT2D eigenvalue weighted by Gasteiger charge is 2.22. The van der Waals surface area contributed by atoms with Crippen LogP contribution in [0.15, 0.2) is 36.4 Å². The van der Waals surface area contributed by atoms with E-state index in [1.807, 2.05) is 0 Å². The van der Waals surface area contributed by atoms with Gasteiger partial charge in [-0.2, -0.15) is 0 Å². The van der Waals surface area contributed by atoms with Crippen LogP contribution >= 0.6 is 0 Å². The minimum Gasteiger partial charge on any atom is -0.454 e. The predicted octanol–water partition coefficient (Wildman–Crippen LogP) is 2.74. The number of nitro benzene ring substituents is 2. The van der Waals surface area contributed by atoms with Crippen LogP contribution in [0.5, 0.6) is 11.5 Å². The molecule has 0 spiro atoms. The number of esters is 1. The lowest BCUT2D eigenvalue weighted by Crippen LogP contribution is -2.20. The minimum atomic E-state index is -0.900. The summed E-state index contributed by atoms with van der Waals surface area (Å²) in [5.74, 6) is -1.03. The lowest BCUT2D eigenvalue weighted by Gasteiger charge is -2.08. The molecule has 1 heterocycles. The van der Waals surface area contributed by atoms with Crippen LogP contribution in [-0.2, 0) is 14.3 Å². The Morgan fingerprint density at radius 2 is 1.84 bits per heavy atom. The van der Waals surface area contributed by atoms with Gasteiger partial charge in [-0.3, -0.25) is 25.0 Å².